The molecule has 0 radical (unpaired) electrons. The summed E-state index contributed by atoms with van der Waals surface area (Å²) in [5.41, 5.74) is 1.94. The number of rotatable bonds is 8. The van der Waals surface area contributed by atoms with E-state index in [1.807, 2.05) is 66.1 Å². The Bertz CT molecular complexity index is 1240. The molecule has 0 fully saturated rings. The lowest BCUT2D eigenvalue weighted by Gasteiger charge is -2.15. The second kappa shape index (κ2) is 9.68. The van der Waals surface area contributed by atoms with Gasteiger partial charge in [-0.1, -0.05) is 42.1 Å². The van der Waals surface area contributed by atoms with E-state index in [-0.39, 0.29) is 24.5 Å². The van der Waals surface area contributed by atoms with Crippen LogP contribution in [0, 0.1) is 0 Å². The fourth-order valence-corrected chi connectivity index (χ4v) is 5.08. The maximum Gasteiger partial charge on any atom is 0.231 e. The van der Waals surface area contributed by atoms with Crippen LogP contribution < -0.4 is 14.8 Å². The summed E-state index contributed by atoms with van der Waals surface area (Å²) in [7, 11) is 0. The number of carbonyl (C=O) groups excluding carboxylic acids is 1. The van der Waals surface area contributed by atoms with Gasteiger partial charge in [-0.25, -0.2) is 0 Å². The highest BCUT2D eigenvalue weighted by atomic mass is 32.2. The Morgan fingerprint density at radius 1 is 1.12 bits per heavy atom. The average molecular weight is 479 g/mol. The van der Waals surface area contributed by atoms with Gasteiger partial charge in [-0.05, 0) is 48.2 Å². The maximum atomic E-state index is 12.7. The highest BCUT2D eigenvalue weighted by Gasteiger charge is 2.19. The second-order valence-electron chi connectivity index (χ2n) is 7.52. The van der Waals surface area contributed by atoms with E-state index in [2.05, 4.69) is 27.0 Å². The third kappa shape index (κ3) is 4.89. The zero-order valence-electron chi connectivity index (χ0n) is 17.9. The van der Waals surface area contributed by atoms with Gasteiger partial charge in [0.15, 0.2) is 16.7 Å². The summed E-state index contributed by atoms with van der Waals surface area (Å²) >= 11 is 3.07. The van der Waals surface area contributed by atoms with Crippen LogP contribution >= 0.6 is 23.1 Å². The Balaban J connectivity index is 1.28. The van der Waals surface area contributed by atoms with E-state index >= 15 is 0 Å². The summed E-state index contributed by atoms with van der Waals surface area (Å²) in [5, 5.41) is 14.6. The number of aromatic nitrogens is 3. The molecule has 3 heterocycles. The molecule has 7 nitrogen and oxygen atoms in total. The van der Waals surface area contributed by atoms with Crippen molar-refractivity contribution in [1.29, 1.82) is 0 Å². The molecule has 1 aliphatic heterocycles. The molecule has 0 aliphatic carbocycles. The van der Waals surface area contributed by atoms with Crippen molar-refractivity contribution in [2.24, 2.45) is 0 Å². The molecule has 1 atom stereocenters. The van der Waals surface area contributed by atoms with Crippen molar-refractivity contribution in [1.82, 2.24) is 20.1 Å². The Hall–Kier alpha value is -3.30. The van der Waals surface area contributed by atoms with Crippen LogP contribution in [0.1, 0.15) is 29.2 Å². The fourth-order valence-electron chi connectivity index (χ4n) is 3.59. The number of thioether (sulfide) groups is 1. The van der Waals surface area contributed by atoms with Gasteiger partial charge in [-0.2, -0.15) is 0 Å². The van der Waals surface area contributed by atoms with Crippen LogP contribution in [0.25, 0.3) is 5.69 Å². The zero-order chi connectivity index (χ0) is 22.6. The van der Waals surface area contributed by atoms with Gasteiger partial charge in [-0.15, -0.1) is 21.5 Å². The van der Waals surface area contributed by atoms with Gasteiger partial charge in [0, 0.05) is 17.0 Å². The number of fused-ring (bicyclic) bond motifs is 1. The Kier molecular flexibility index (Phi) is 6.32. The number of thiophene rings is 1. The second-order valence-corrected chi connectivity index (χ2v) is 9.49. The SMILES string of the molecule is C[C@@H](NC(=O)CSc1nnc(Cc2cccs2)n1-c1ccccc1)c1ccc2c(c1)OCO2. The third-order valence-electron chi connectivity index (χ3n) is 5.23. The summed E-state index contributed by atoms with van der Waals surface area (Å²) in [6, 6.07) is 19.7. The minimum absolute atomic E-state index is 0.0763. The van der Waals surface area contributed by atoms with E-state index < -0.39 is 0 Å². The number of amides is 1. The zero-order valence-corrected chi connectivity index (χ0v) is 19.6. The molecular formula is C24H22N4O3S2. The molecule has 0 saturated carbocycles. The summed E-state index contributed by atoms with van der Waals surface area (Å²) in [5.74, 6) is 2.44. The van der Waals surface area contributed by atoms with Crippen LogP contribution in [0.4, 0.5) is 0 Å². The topological polar surface area (TPSA) is 78.3 Å². The highest BCUT2D eigenvalue weighted by molar-refractivity contribution is 7.99. The molecule has 2 aromatic heterocycles. The van der Waals surface area contributed by atoms with Gasteiger partial charge < -0.3 is 14.8 Å². The molecule has 1 amide bonds. The van der Waals surface area contributed by atoms with Gasteiger partial charge in [0.05, 0.1) is 11.8 Å². The van der Waals surface area contributed by atoms with Crippen molar-refractivity contribution < 1.29 is 14.3 Å². The van der Waals surface area contributed by atoms with Gasteiger partial charge in [0.1, 0.15) is 5.82 Å². The maximum absolute atomic E-state index is 12.7. The molecule has 168 valence electrons. The Labute approximate surface area is 199 Å². The van der Waals surface area contributed by atoms with Crippen molar-refractivity contribution in [3.8, 4) is 17.2 Å². The van der Waals surface area contributed by atoms with Crippen LogP contribution in [0.5, 0.6) is 11.5 Å². The molecule has 33 heavy (non-hydrogen) atoms. The van der Waals surface area contributed by atoms with E-state index in [0.29, 0.717) is 17.3 Å². The number of benzene rings is 2. The van der Waals surface area contributed by atoms with Gasteiger partial charge >= 0.3 is 0 Å². The van der Waals surface area contributed by atoms with Crippen LogP contribution in [0.2, 0.25) is 0 Å². The van der Waals surface area contributed by atoms with E-state index in [9.17, 15) is 4.79 Å². The highest BCUT2D eigenvalue weighted by Crippen LogP contribution is 2.34. The lowest BCUT2D eigenvalue weighted by molar-refractivity contribution is -0.119. The van der Waals surface area contributed by atoms with E-state index in [1.165, 1.54) is 16.6 Å². The fraction of sp³-hybridized carbons (Fsp3) is 0.208. The van der Waals surface area contributed by atoms with Gasteiger partial charge in [-0.3, -0.25) is 9.36 Å². The van der Waals surface area contributed by atoms with Crippen molar-refractivity contribution in [3.05, 3.63) is 82.3 Å². The van der Waals surface area contributed by atoms with Crippen molar-refractivity contribution >= 4 is 29.0 Å². The monoisotopic (exact) mass is 478 g/mol. The predicted octanol–water partition coefficient (Wildman–Crippen LogP) is 4.62. The smallest absolute Gasteiger partial charge is 0.231 e. The molecule has 1 aliphatic rings. The molecule has 0 unspecified atom stereocenters. The van der Waals surface area contributed by atoms with Crippen LogP contribution in [0.3, 0.4) is 0 Å². The van der Waals surface area contributed by atoms with Crippen molar-refractivity contribution in [2.45, 2.75) is 24.5 Å². The predicted molar refractivity (Wildman–Crippen MR) is 128 cm³/mol. The first-order chi connectivity index (χ1) is 16.2. The number of carbonyl (C=O) groups is 1. The lowest BCUT2D eigenvalue weighted by Crippen LogP contribution is -2.28. The standard InChI is InChI=1S/C24H22N4O3S2/c1-16(17-9-10-20-21(12-17)31-15-30-20)25-23(29)14-33-24-27-26-22(13-19-8-5-11-32-19)28(24)18-6-3-2-4-7-18/h2-12,16H,13-15H2,1H3,(H,25,29)/t16-/m1/s1. The Morgan fingerprint density at radius 3 is 2.79 bits per heavy atom. The first-order valence-electron chi connectivity index (χ1n) is 10.5. The van der Waals surface area contributed by atoms with Crippen LogP contribution in [-0.4, -0.2) is 33.2 Å². The largest absolute Gasteiger partial charge is 0.454 e. The number of ether oxygens (including phenoxy) is 2. The van der Waals surface area contributed by atoms with Crippen LogP contribution in [-0.2, 0) is 11.2 Å². The first kappa shape index (κ1) is 21.5. The molecule has 0 bridgehead atoms. The molecule has 1 N–H and O–H groups in total. The molecule has 0 saturated heterocycles. The molecular weight excluding hydrogens is 456 g/mol. The quantitative estimate of drug-likeness (QED) is 0.373. The number of nitrogens with zero attached hydrogens (tertiary/aromatic N) is 3. The molecule has 0 spiro atoms. The van der Waals surface area contributed by atoms with Gasteiger partial charge in [0.2, 0.25) is 12.7 Å². The number of hydrogen-bond acceptors (Lipinski definition) is 7. The number of hydrogen-bond donors (Lipinski definition) is 1. The van der Waals surface area contributed by atoms with E-state index in [0.717, 1.165) is 22.8 Å². The van der Waals surface area contributed by atoms with Gasteiger partial charge in [0.25, 0.3) is 0 Å². The van der Waals surface area contributed by atoms with Crippen molar-refractivity contribution in [3.63, 3.8) is 0 Å². The minimum atomic E-state index is -0.158. The average Bonchev–Trinajstić information content (AvgIpc) is 3.59. The normalized spacial score (nSPS) is 13.1. The Morgan fingerprint density at radius 2 is 1.97 bits per heavy atom. The van der Waals surface area contributed by atoms with E-state index in [4.69, 9.17) is 9.47 Å². The summed E-state index contributed by atoms with van der Waals surface area (Å²) in [6.45, 7) is 2.18. The molecule has 4 aromatic rings. The summed E-state index contributed by atoms with van der Waals surface area (Å²) in [6.07, 6.45) is 0.688. The lowest BCUT2D eigenvalue weighted by atomic mass is 10.1. The van der Waals surface area contributed by atoms with Crippen molar-refractivity contribution in [2.75, 3.05) is 12.5 Å². The first-order valence-corrected chi connectivity index (χ1v) is 12.4. The number of para-hydroxylation sites is 1. The molecule has 5 rings (SSSR count). The molecule has 9 heteroatoms. The number of nitrogens with one attached hydrogen (secondary N) is 1. The summed E-state index contributed by atoms with van der Waals surface area (Å²) in [4.78, 5) is 13.9. The van der Waals surface area contributed by atoms with Crippen LogP contribution in [0.15, 0.2) is 71.2 Å². The minimum Gasteiger partial charge on any atom is -0.454 e. The summed E-state index contributed by atoms with van der Waals surface area (Å²) < 4.78 is 12.8. The molecule has 2 aromatic carbocycles. The third-order valence-corrected chi connectivity index (χ3v) is 7.04. The van der Waals surface area contributed by atoms with E-state index in [1.54, 1.807) is 11.3 Å².